The van der Waals surface area contributed by atoms with Crippen molar-refractivity contribution < 1.29 is 14.3 Å². The van der Waals surface area contributed by atoms with Gasteiger partial charge in [0.05, 0.1) is 5.69 Å². The minimum absolute atomic E-state index is 0.00516. The predicted octanol–water partition coefficient (Wildman–Crippen LogP) is 2.06. The van der Waals surface area contributed by atoms with Crippen molar-refractivity contribution in [2.24, 2.45) is 0 Å². The molecule has 1 atom stereocenters. The van der Waals surface area contributed by atoms with E-state index in [1.54, 1.807) is 23.9 Å². The molecule has 0 aromatic heterocycles. The summed E-state index contributed by atoms with van der Waals surface area (Å²) in [6, 6.07) is 5.38. The summed E-state index contributed by atoms with van der Waals surface area (Å²) in [7, 11) is 0. The third-order valence-electron chi connectivity index (χ3n) is 2.30. The van der Waals surface area contributed by atoms with Gasteiger partial charge in [0.2, 0.25) is 0 Å². The molecule has 0 aliphatic rings. The molecule has 0 saturated carbocycles. The molecule has 6 heteroatoms. The Hall–Kier alpha value is -1.27. The lowest BCUT2D eigenvalue weighted by Crippen LogP contribution is -2.40. The molecule has 3 N–H and O–H groups in total. The molecule has 0 bridgehead atoms. The molecular weight excluding hydrogens is 255 g/mol. The number of aliphatic hydroxyl groups is 1. The Bertz CT molecular complexity index is 384. The number of carbonyl (C=O) groups is 1. The Kier molecular flexibility index (Phi) is 6.53. The number of benzene rings is 1. The minimum Gasteiger partial charge on any atom is -0.396 e. The molecule has 0 radical (unpaired) electrons. The van der Waals surface area contributed by atoms with Crippen LogP contribution in [0.1, 0.15) is 6.42 Å². The maximum atomic E-state index is 13.3. The lowest BCUT2D eigenvalue weighted by atomic mass is 10.2. The molecule has 0 heterocycles. The van der Waals surface area contributed by atoms with Gasteiger partial charge >= 0.3 is 6.03 Å². The van der Waals surface area contributed by atoms with E-state index >= 15 is 0 Å². The molecule has 1 unspecified atom stereocenters. The number of carbonyl (C=O) groups excluding carboxylic acids is 1. The van der Waals surface area contributed by atoms with Crippen molar-refractivity contribution in [1.29, 1.82) is 0 Å². The fourth-order valence-electron chi connectivity index (χ4n) is 1.46. The van der Waals surface area contributed by atoms with E-state index in [4.69, 9.17) is 5.11 Å². The largest absolute Gasteiger partial charge is 0.396 e. The first-order valence-corrected chi connectivity index (χ1v) is 6.98. The number of nitrogens with one attached hydrogen (secondary N) is 2. The van der Waals surface area contributed by atoms with Crippen LogP contribution in [0.5, 0.6) is 0 Å². The van der Waals surface area contributed by atoms with Crippen LogP contribution in [0.25, 0.3) is 0 Å². The fraction of sp³-hybridized carbons (Fsp3) is 0.417. The van der Waals surface area contributed by atoms with E-state index in [9.17, 15) is 9.18 Å². The second-order valence-corrected chi connectivity index (χ2v) is 4.65. The first kappa shape index (κ1) is 14.8. The van der Waals surface area contributed by atoms with Crippen LogP contribution in [0.3, 0.4) is 0 Å². The summed E-state index contributed by atoms with van der Waals surface area (Å²) in [5.74, 6) is 0.224. The van der Waals surface area contributed by atoms with Crippen LogP contribution in [0.15, 0.2) is 24.3 Å². The summed E-state index contributed by atoms with van der Waals surface area (Å²) < 4.78 is 13.3. The normalized spacial score (nSPS) is 11.9. The van der Waals surface area contributed by atoms with Gasteiger partial charge in [-0.1, -0.05) is 12.1 Å². The second-order valence-electron chi connectivity index (χ2n) is 3.74. The van der Waals surface area contributed by atoms with Gasteiger partial charge in [-0.05, 0) is 24.8 Å². The minimum atomic E-state index is -0.476. The van der Waals surface area contributed by atoms with Gasteiger partial charge in [-0.25, -0.2) is 9.18 Å². The van der Waals surface area contributed by atoms with Gasteiger partial charge in [0.15, 0.2) is 0 Å². The molecule has 0 saturated heterocycles. The van der Waals surface area contributed by atoms with Crippen molar-refractivity contribution in [3.05, 3.63) is 30.1 Å². The lowest BCUT2D eigenvalue weighted by molar-refractivity contribution is 0.241. The highest BCUT2D eigenvalue weighted by Crippen LogP contribution is 2.12. The quantitative estimate of drug-likeness (QED) is 0.743. The van der Waals surface area contributed by atoms with Crippen LogP contribution in [-0.2, 0) is 0 Å². The Balaban J connectivity index is 2.52. The number of halogens is 1. The van der Waals surface area contributed by atoms with Gasteiger partial charge in [-0.15, -0.1) is 0 Å². The number of anilines is 1. The van der Waals surface area contributed by atoms with E-state index in [0.29, 0.717) is 12.2 Å². The second kappa shape index (κ2) is 7.94. The molecule has 18 heavy (non-hydrogen) atoms. The average molecular weight is 272 g/mol. The number of hydrogen-bond donors (Lipinski definition) is 3. The van der Waals surface area contributed by atoms with Crippen LogP contribution >= 0.6 is 11.8 Å². The number of para-hydroxylation sites is 1. The summed E-state index contributed by atoms with van der Waals surface area (Å²) in [4.78, 5) is 11.6. The van der Waals surface area contributed by atoms with Crippen LogP contribution in [0.4, 0.5) is 14.9 Å². The maximum Gasteiger partial charge on any atom is 0.319 e. The zero-order chi connectivity index (χ0) is 13.4. The lowest BCUT2D eigenvalue weighted by Gasteiger charge is -2.17. The van der Waals surface area contributed by atoms with Crippen molar-refractivity contribution in [3.8, 4) is 0 Å². The molecule has 1 aromatic carbocycles. The number of hydrogen-bond acceptors (Lipinski definition) is 3. The number of aliphatic hydroxyl groups excluding tert-OH is 1. The van der Waals surface area contributed by atoms with E-state index < -0.39 is 11.8 Å². The van der Waals surface area contributed by atoms with Crippen LogP contribution < -0.4 is 10.6 Å². The fourth-order valence-corrected chi connectivity index (χ4v) is 2.11. The molecule has 100 valence electrons. The van der Waals surface area contributed by atoms with Crippen molar-refractivity contribution in [1.82, 2.24) is 5.32 Å². The number of rotatable bonds is 6. The van der Waals surface area contributed by atoms with Crippen LogP contribution in [0.2, 0.25) is 0 Å². The number of thioether (sulfide) groups is 1. The van der Waals surface area contributed by atoms with E-state index in [1.165, 1.54) is 12.1 Å². The van der Waals surface area contributed by atoms with Gasteiger partial charge in [0.1, 0.15) is 5.82 Å². The zero-order valence-corrected chi connectivity index (χ0v) is 11.0. The van der Waals surface area contributed by atoms with Gasteiger partial charge in [-0.3, -0.25) is 0 Å². The first-order chi connectivity index (χ1) is 8.67. The van der Waals surface area contributed by atoms with E-state index in [-0.39, 0.29) is 18.3 Å². The SMILES string of the molecule is CSCC(CCO)NC(=O)Nc1ccccc1F. The molecule has 0 aliphatic carbocycles. The third kappa shape index (κ3) is 4.93. The highest BCUT2D eigenvalue weighted by atomic mass is 32.2. The molecule has 2 amide bonds. The molecule has 0 aliphatic heterocycles. The van der Waals surface area contributed by atoms with Gasteiger partial charge < -0.3 is 15.7 Å². The van der Waals surface area contributed by atoms with Crippen molar-refractivity contribution in [2.45, 2.75) is 12.5 Å². The highest BCUT2D eigenvalue weighted by Gasteiger charge is 2.12. The smallest absolute Gasteiger partial charge is 0.319 e. The highest BCUT2D eigenvalue weighted by molar-refractivity contribution is 7.98. The summed E-state index contributed by atoms with van der Waals surface area (Å²) in [5.41, 5.74) is 0.141. The monoisotopic (exact) mass is 272 g/mol. The van der Waals surface area contributed by atoms with Crippen LogP contribution in [-0.4, -0.2) is 35.8 Å². The first-order valence-electron chi connectivity index (χ1n) is 5.59. The standard InChI is InChI=1S/C12H17FN2O2S/c1-18-8-9(6-7-16)14-12(17)15-11-5-3-2-4-10(11)13/h2-5,9,16H,6-8H2,1H3,(H2,14,15,17). The molecule has 0 spiro atoms. The predicted molar refractivity (Wildman–Crippen MR) is 72.4 cm³/mol. The van der Waals surface area contributed by atoms with Crippen molar-refractivity contribution in [3.63, 3.8) is 0 Å². The Morgan fingerprint density at radius 3 is 2.83 bits per heavy atom. The number of urea groups is 1. The topological polar surface area (TPSA) is 61.4 Å². The van der Waals surface area contributed by atoms with Gasteiger partial charge in [0, 0.05) is 18.4 Å². The van der Waals surface area contributed by atoms with Gasteiger partial charge in [-0.2, -0.15) is 11.8 Å². The summed E-state index contributed by atoms with van der Waals surface area (Å²) in [5, 5.41) is 14.0. The Labute approximate surface area is 110 Å². The Morgan fingerprint density at radius 1 is 1.50 bits per heavy atom. The summed E-state index contributed by atoms with van der Waals surface area (Å²) >= 11 is 1.57. The van der Waals surface area contributed by atoms with E-state index in [0.717, 1.165) is 0 Å². The molecule has 1 aromatic rings. The average Bonchev–Trinajstić information content (AvgIpc) is 2.33. The zero-order valence-electron chi connectivity index (χ0n) is 10.1. The Morgan fingerprint density at radius 2 is 2.22 bits per heavy atom. The number of amides is 2. The molecule has 1 rings (SSSR count). The molecule has 4 nitrogen and oxygen atoms in total. The van der Waals surface area contributed by atoms with E-state index in [1.807, 2.05) is 6.26 Å². The van der Waals surface area contributed by atoms with Crippen molar-refractivity contribution in [2.75, 3.05) is 23.9 Å². The van der Waals surface area contributed by atoms with Crippen molar-refractivity contribution >= 4 is 23.5 Å². The summed E-state index contributed by atoms with van der Waals surface area (Å²) in [6.07, 6.45) is 2.40. The van der Waals surface area contributed by atoms with E-state index in [2.05, 4.69) is 10.6 Å². The third-order valence-corrected chi connectivity index (χ3v) is 3.04. The molecule has 0 fully saturated rings. The van der Waals surface area contributed by atoms with Crippen LogP contribution in [0, 0.1) is 5.82 Å². The van der Waals surface area contributed by atoms with Gasteiger partial charge in [0.25, 0.3) is 0 Å². The maximum absolute atomic E-state index is 13.3. The molecular formula is C12H17FN2O2S. The summed E-state index contributed by atoms with van der Waals surface area (Å²) in [6.45, 7) is 0.00516.